The minimum Gasteiger partial charge on any atom is -0.296 e. The Morgan fingerprint density at radius 3 is 2.48 bits per heavy atom. The van der Waals surface area contributed by atoms with Gasteiger partial charge in [0.15, 0.2) is 5.82 Å². The van der Waals surface area contributed by atoms with E-state index in [1.54, 1.807) is 0 Å². The standard InChI is InChI=1S/C16H23N5/c1-20(2)15(13-9-5-3-6-10-13)16-17-18-19-21(16)14-11-7-4-8-12-14/h3,5-6,9-10,14-15H,4,7-8,11-12H2,1-2H3/t15-/m1/s1. The van der Waals surface area contributed by atoms with E-state index in [4.69, 9.17) is 0 Å². The number of benzene rings is 1. The molecule has 5 nitrogen and oxygen atoms in total. The molecule has 3 rings (SSSR count). The number of hydrogen-bond acceptors (Lipinski definition) is 4. The van der Waals surface area contributed by atoms with Gasteiger partial charge in [0.25, 0.3) is 0 Å². The summed E-state index contributed by atoms with van der Waals surface area (Å²) in [5, 5.41) is 12.6. The maximum Gasteiger partial charge on any atom is 0.173 e. The number of tetrazole rings is 1. The van der Waals surface area contributed by atoms with Crippen LogP contribution in [0.15, 0.2) is 30.3 Å². The van der Waals surface area contributed by atoms with Crippen LogP contribution in [0, 0.1) is 0 Å². The molecule has 0 amide bonds. The zero-order chi connectivity index (χ0) is 14.7. The van der Waals surface area contributed by atoms with E-state index >= 15 is 0 Å². The van der Waals surface area contributed by atoms with E-state index in [0.717, 1.165) is 5.82 Å². The first-order valence-electron chi connectivity index (χ1n) is 7.76. The molecule has 112 valence electrons. The van der Waals surface area contributed by atoms with Crippen LogP contribution < -0.4 is 0 Å². The first kappa shape index (κ1) is 14.2. The molecule has 0 unspecified atom stereocenters. The molecule has 1 aromatic carbocycles. The lowest BCUT2D eigenvalue weighted by Gasteiger charge is -2.28. The monoisotopic (exact) mass is 285 g/mol. The number of nitrogens with zero attached hydrogens (tertiary/aromatic N) is 5. The SMILES string of the molecule is CN(C)[C@H](c1ccccc1)c1nnnn1C1CCCCC1. The van der Waals surface area contributed by atoms with Gasteiger partial charge < -0.3 is 0 Å². The van der Waals surface area contributed by atoms with Crippen LogP contribution in [0.5, 0.6) is 0 Å². The maximum absolute atomic E-state index is 4.35. The van der Waals surface area contributed by atoms with Crippen molar-refractivity contribution >= 4 is 0 Å². The summed E-state index contributed by atoms with van der Waals surface area (Å²) in [5.41, 5.74) is 1.23. The molecule has 0 saturated heterocycles. The van der Waals surface area contributed by atoms with Gasteiger partial charge in [-0.25, -0.2) is 4.68 Å². The lowest BCUT2D eigenvalue weighted by Crippen LogP contribution is -2.27. The molecule has 2 aromatic rings. The van der Waals surface area contributed by atoms with E-state index < -0.39 is 0 Å². The highest BCUT2D eigenvalue weighted by Crippen LogP contribution is 2.32. The number of aromatic nitrogens is 4. The largest absolute Gasteiger partial charge is 0.296 e. The highest BCUT2D eigenvalue weighted by Gasteiger charge is 2.27. The predicted octanol–water partition coefficient (Wildman–Crippen LogP) is 2.83. The summed E-state index contributed by atoms with van der Waals surface area (Å²) in [5.74, 6) is 0.957. The van der Waals surface area contributed by atoms with Gasteiger partial charge in [-0.1, -0.05) is 49.6 Å². The topological polar surface area (TPSA) is 46.8 Å². The molecule has 0 N–H and O–H groups in total. The highest BCUT2D eigenvalue weighted by molar-refractivity contribution is 5.24. The molecule has 1 aliphatic rings. The molecule has 5 heteroatoms. The highest BCUT2D eigenvalue weighted by atomic mass is 15.6. The van der Waals surface area contributed by atoms with Gasteiger partial charge >= 0.3 is 0 Å². The van der Waals surface area contributed by atoms with Crippen LogP contribution in [0.3, 0.4) is 0 Å². The lowest BCUT2D eigenvalue weighted by atomic mass is 9.95. The van der Waals surface area contributed by atoms with Crippen LogP contribution in [-0.2, 0) is 0 Å². The number of rotatable bonds is 4. The quantitative estimate of drug-likeness (QED) is 0.866. The molecule has 1 heterocycles. The third kappa shape index (κ3) is 2.97. The Balaban J connectivity index is 1.95. The number of hydrogen-bond donors (Lipinski definition) is 0. The summed E-state index contributed by atoms with van der Waals surface area (Å²) in [6, 6.07) is 11.0. The van der Waals surface area contributed by atoms with E-state index in [9.17, 15) is 0 Å². The lowest BCUT2D eigenvalue weighted by molar-refractivity contribution is 0.276. The van der Waals surface area contributed by atoms with Crippen molar-refractivity contribution in [2.75, 3.05) is 14.1 Å². The van der Waals surface area contributed by atoms with Gasteiger partial charge in [-0.2, -0.15) is 0 Å². The van der Waals surface area contributed by atoms with Crippen molar-refractivity contribution in [1.82, 2.24) is 25.1 Å². The van der Waals surface area contributed by atoms with Gasteiger partial charge in [-0.05, 0) is 42.9 Å². The zero-order valence-electron chi connectivity index (χ0n) is 12.8. The van der Waals surface area contributed by atoms with Crippen LogP contribution in [0.1, 0.15) is 55.6 Å². The first-order valence-corrected chi connectivity index (χ1v) is 7.76. The summed E-state index contributed by atoms with van der Waals surface area (Å²) in [6.07, 6.45) is 6.27. The van der Waals surface area contributed by atoms with Gasteiger partial charge in [-0.3, -0.25) is 4.90 Å². The molecule has 0 spiro atoms. The summed E-state index contributed by atoms with van der Waals surface area (Å²) in [7, 11) is 4.16. The van der Waals surface area contributed by atoms with Crippen molar-refractivity contribution in [3.8, 4) is 0 Å². The fraction of sp³-hybridized carbons (Fsp3) is 0.562. The van der Waals surface area contributed by atoms with Gasteiger partial charge in [0.2, 0.25) is 0 Å². The van der Waals surface area contributed by atoms with Crippen molar-refractivity contribution in [3.05, 3.63) is 41.7 Å². The fourth-order valence-corrected chi connectivity index (χ4v) is 3.28. The summed E-state index contributed by atoms with van der Waals surface area (Å²) in [4.78, 5) is 2.18. The molecule has 1 aliphatic carbocycles. The fourth-order valence-electron chi connectivity index (χ4n) is 3.28. The van der Waals surface area contributed by atoms with Crippen molar-refractivity contribution < 1.29 is 0 Å². The average molecular weight is 285 g/mol. The van der Waals surface area contributed by atoms with Gasteiger partial charge in [0.05, 0.1) is 12.1 Å². The molecular weight excluding hydrogens is 262 g/mol. The van der Waals surface area contributed by atoms with E-state index in [2.05, 4.69) is 63.5 Å². The Hall–Kier alpha value is -1.75. The molecule has 0 radical (unpaired) electrons. The third-order valence-corrected chi connectivity index (χ3v) is 4.32. The van der Waals surface area contributed by atoms with Crippen LogP contribution in [-0.4, -0.2) is 39.2 Å². The molecule has 21 heavy (non-hydrogen) atoms. The van der Waals surface area contributed by atoms with E-state index in [1.165, 1.54) is 37.7 Å². The molecule has 1 saturated carbocycles. The van der Waals surface area contributed by atoms with Gasteiger partial charge in [-0.15, -0.1) is 5.10 Å². The Bertz CT molecular complexity index is 557. The predicted molar refractivity (Wildman–Crippen MR) is 81.9 cm³/mol. The molecule has 0 bridgehead atoms. The summed E-state index contributed by atoms with van der Waals surface area (Å²) < 4.78 is 2.07. The molecule has 1 aromatic heterocycles. The minimum atomic E-state index is 0.100. The van der Waals surface area contributed by atoms with Crippen LogP contribution in [0.4, 0.5) is 0 Å². The van der Waals surface area contributed by atoms with Crippen molar-refractivity contribution in [3.63, 3.8) is 0 Å². The zero-order valence-corrected chi connectivity index (χ0v) is 12.8. The van der Waals surface area contributed by atoms with Crippen molar-refractivity contribution in [1.29, 1.82) is 0 Å². The maximum atomic E-state index is 4.35. The second-order valence-electron chi connectivity index (χ2n) is 6.05. The van der Waals surface area contributed by atoms with Crippen molar-refractivity contribution in [2.24, 2.45) is 0 Å². The molecule has 0 aliphatic heterocycles. The minimum absolute atomic E-state index is 0.100. The van der Waals surface area contributed by atoms with Gasteiger partial charge in [0.1, 0.15) is 0 Å². The average Bonchev–Trinajstić information content (AvgIpc) is 2.98. The second kappa shape index (κ2) is 6.35. The normalized spacial score (nSPS) is 18.0. The second-order valence-corrected chi connectivity index (χ2v) is 6.05. The van der Waals surface area contributed by atoms with Crippen LogP contribution in [0.25, 0.3) is 0 Å². The Labute approximate surface area is 126 Å². The molecule has 1 atom stereocenters. The Morgan fingerprint density at radius 2 is 1.81 bits per heavy atom. The Kier molecular flexibility index (Phi) is 4.29. The first-order chi connectivity index (χ1) is 10.3. The van der Waals surface area contributed by atoms with E-state index in [-0.39, 0.29) is 6.04 Å². The van der Waals surface area contributed by atoms with E-state index in [0.29, 0.717) is 6.04 Å². The van der Waals surface area contributed by atoms with Crippen LogP contribution in [0.2, 0.25) is 0 Å². The molecular formula is C16H23N5. The summed E-state index contributed by atoms with van der Waals surface area (Å²) >= 11 is 0. The van der Waals surface area contributed by atoms with Crippen molar-refractivity contribution in [2.45, 2.75) is 44.2 Å². The third-order valence-electron chi connectivity index (χ3n) is 4.32. The smallest absolute Gasteiger partial charge is 0.173 e. The Morgan fingerprint density at radius 1 is 1.10 bits per heavy atom. The molecule has 1 fully saturated rings. The van der Waals surface area contributed by atoms with Gasteiger partial charge in [0, 0.05) is 0 Å². The van der Waals surface area contributed by atoms with E-state index in [1.807, 2.05) is 6.07 Å². The van der Waals surface area contributed by atoms with Crippen LogP contribution >= 0.6 is 0 Å². The summed E-state index contributed by atoms with van der Waals surface area (Å²) in [6.45, 7) is 0.